The highest BCUT2D eigenvalue weighted by Gasteiger charge is 2.19. The standard InChI is InChI=1S/C14H15Cl2N3.ClH/c1-9-2-3-10(15)12-13(9)18-8-11(16)14(12)19-6-4-17-5-7-19;/h2-3,8,17H,4-7H2,1H3;1H. The molecular formula is C14H16Cl3N3. The minimum Gasteiger partial charge on any atom is -0.367 e. The normalized spacial score (nSPS) is 15.2. The summed E-state index contributed by atoms with van der Waals surface area (Å²) in [6.45, 7) is 5.83. The zero-order valence-corrected chi connectivity index (χ0v) is 13.4. The summed E-state index contributed by atoms with van der Waals surface area (Å²) < 4.78 is 0. The highest BCUT2D eigenvalue weighted by atomic mass is 35.5. The van der Waals surface area contributed by atoms with Gasteiger partial charge in [-0.3, -0.25) is 4.98 Å². The molecule has 2 aromatic rings. The predicted molar refractivity (Wildman–Crippen MR) is 88.8 cm³/mol. The smallest absolute Gasteiger partial charge is 0.0829 e. The van der Waals surface area contributed by atoms with Gasteiger partial charge in [-0.15, -0.1) is 12.4 Å². The second kappa shape index (κ2) is 6.35. The predicted octanol–water partition coefficient (Wildman–Crippen LogP) is 3.68. The fraction of sp³-hybridized carbons (Fsp3) is 0.357. The van der Waals surface area contributed by atoms with Gasteiger partial charge < -0.3 is 10.2 Å². The number of benzene rings is 1. The molecule has 1 aliphatic rings. The van der Waals surface area contributed by atoms with E-state index in [0.717, 1.165) is 48.3 Å². The van der Waals surface area contributed by atoms with E-state index in [-0.39, 0.29) is 12.4 Å². The zero-order valence-electron chi connectivity index (χ0n) is 11.1. The van der Waals surface area contributed by atoms with Crippen molar-refractivity contribution in [2.75, 3.05) is 31.1 Å². The van der Waals surface area contributed by atoms with Gasteiger partial charge in [-0.1, -0.05) is 29.3 Å². The summed E-state index contributed by atoms with van der Waals surface area (Å²) in [7, 11) is 0. The fourth-order valence-corrected chi connectivity index (χ4v) is 3.07. The second-order valence-corrected chi connectivity index (χ2v) is 5.59. The average molecular weight is 333 g/mol. The number of hydrogen-bond donors (Lipinski definition) is 1. The number of aromatic nitrogens is 1. The minimum absolute atomic E-state index is 0. The highest BCUT2D eigenvalue weighted by Crippen LogP contribution is 2.38. The van der Waals surface area contributed by atoms with Crippen LogP contribution in [0, 0.1) is 6.92 Å². The van der Waals surface area contributed by atoms with Gasteiger partial charge in [0, 0.05) is 37.8 Å². The molecule has 1 saturated heterocycles. The van der Waals surface area contributed by atoms with E-state index in [0.29, 0.717) is 10.0 Å². The van der Waals surface area contributed by atoms with Crippen molar-refractivity contribution in [3.8, 4) is 0 Å². The molecule has 0 saturated carbocycles. The van der Waals surface area contributed by atoms with E-state index in [2.05, 4.69) is 15.2 Å². The Kier molecular flexibility index (Phi) is 4.97. The Bertz CT molecular complexity index is 625. The molecule has 0 bridgehead atoms. The van der Waals surface area contributed by atoms with Crippen LogP contribution in [-0.2, 0) is 0 Å². The van der Waals surface area contributed by atoms with Crippen LogP contribution in [0.15, 0.2) is 18.3 Å². The Morgan fingerprint density at radius 3 is 2.55 bits per heavy atom. The van der Waals surface area contributed by atoms with E-state index in [1.165, 1.54) is 0 Å². The third kappa shape index (κ3) is 2.68. The van der Waals surface area contributed by atoms with Gasteiger partial charge in [0.25, 0.3) is 0 Å². The molecule has 1 aliphatic heterocycles. The number of pyridine rings is 1. The number of nitrogens with zero attached hydrogens (tertiary/aromatic N) is 2. The van der Waals surface area contributed by atoms with Crippen LogP contribution in [0.3, 0.4) is 0 Å². The van der Waals surface area contributed by atoms with Crippen molar-refractivity contribution in [3.05, 3.63) is 33.9 Å². The first kappa shape index (κ1) is 15.6. The maximum Gasteiger partial charge on any atom is 0.0829 e. The molecule has 0 unspecified atom stereocenters. The van der Waals surface area contributed by atoms with Gasteiger partial charge in [-0.25, -0.2) is 0 Å². The van der Waals surface area contributed by atoms with Crippen LogP contribution in [-0.4, -0.2) is 31.2 Å². The maximum atomic E-state index is 6.38. The molecule has 0 atom stereocenters. The molecule has 1 aromatic carbocycles. The number of hydrogen-bond acceptors (Lipinski definition) is 3. The summed E-state index contributed by atoms with van der Waals surface area (Å²) in [5.41, 5.74) is 3.07. The first-order chi connectivity index (χ1) is 9.18. The lowest BCUT2D eigenvalue weighted by Crippen LogP contribution is -2.43. The first-order valence-corrected chi connectivity index (χ1v) is 7.13. The Balaban J connectivity index is 0.00000147. The molecular weight excluding hydrogens is 317 g/mol. The van der Waals surface area contributed by atoms with Gasteiger partial charge >= 0.3 is 0 Å². The lowest BCUT2D eigenvalue weighted by atomic mass is 10.1. The van der Waals surface area contributed by atoms with Crippen LogP contribution in [0.25, 0.3) is 10.9 Å². The molecule has 1 fully saturated rings. The van der Waals surface area contributed by atoms with E-state index in [4.69, 9.17) is 23.2 Å². The van der Waals surface area contributed by atoms with Crippen LogP contribution in [0.2, 0.25) is 10.0 Å². The number of anilines is 1. The van der Waals surface area contributed by atoms with Crippen molar-refractivity contribution in [3.63, 3.8) is 0 Å². The third-order valence-electron chi connectivity index (χ3n) is 3.53. The van der Waals surface area contributed by atoms with Crippen LogP contribution in [0.1, 0.15) is 5.56 Å². The molecule has 2 heterocycles. The van der Waals surface area contributed by atoms with Gasteiger partial charge in [0.2, 0.25) is 0 Å². The number of rotatable bonds is 1. The summed E-state index contributed by atoms with van der Waals surface area (Å²) in [5.74, 6) is 0. The van der Waals surface area contributed by atoms with Gasteiger partial charge in [0.15, 0.2) is 0 Å². The number of nitrogens with one attached hydrogen (secondary N) is 1. The maximum absolute atomic E-state index is 6.38. The number of fused-ring (bicyclic) bond motifs is 1. The molecule has 108 valence electrons. The summed E-state index contributed by atoms with van der Waals surface area (Å²) in [6.07, 6.45) is 1.73. The quantitative estimate of drug-likeness (QED) is 0.863. The molecule has 20 heavy (non-hydrogen) atoms. The van der Waals surface area contributed by atoms with Crippen molar-refractivity contribution >= 4 is 52.2 Å². The van der Waals surface area contributed by atoms with Crippen LogP contribution < -0.4 is 10.2 Å². The average Bonchev–Trinajstić information content (AvgIpc) is 2.44. The van der Waals surface area contributed by atoms with E-state index < -0.39 is 0 Å². The molecule has 1 aromatic heterocycles. The van der Waals surface area contributed by atoms with Crippen LogP contribution in [0.5, 0.6) is 0 Å². The number of halogens is 3. The molecule has 3 nitrogen and oxygen atoms in total. The molecule has 0 radical (unpaired) electrons. The SMILES string of the molecule is Cc1ccc(Cl)c2c(N3CCNCC3)c(Cl)cnc12.Cl. The van der Waals surface area contributed by atoms with Crippen LogP contribution in [0.4, 0.5) is 5.69 Å². The van der Waals surface area contributed by atoms with Crippen molar-refractivity contribution in [2.45, 2.75) is 6.92 Å². The fourth-order valence-electron chi connectivity index (χ4n) is 2.56. The lowest BCUT2D eigenvalue weighted by Gasteiger charge is -2.31. The van der Waals surface area contributed by atoms with Crippen molar-refractivity contribution < 1.29 is 0 Å². The Morgan fingerprint density at radius 1 is 1.15 bits per heavy atom. The molecule has 1 N–H and O–H groups in total. The minimum atomic E-state index is 0. The summed E-state index contributed by atoms with van der Waals surface area (Å²) in [4.78, 5) is 6.72. The summed E-state index contributed by atoms with van der Waals surface area (Å²) in [5, 5.41) is 5.69. The largest absolute Gasteiger partial charge is 0.367 e. The van der Waals surface area contributed by atoms with E-state index in [1.807, 2.05) is 19.1 Å². The van der Waals surface area contributed by atoms with Crippen LogP contribution >= 0.6 is 35.6 Å². The van der Waals surface area contributed by atoms with Gasteiger partial charge in [-0.05, 0) is 18.6 Å². The Hall–Kier alpha value is -0.740. The molecule has 3 rings (SSSR count). The zero-order chi connectivity index (χ0) is 13.4. The van der Waals surface area contributed by atoms with Crippen molar-refractivity contribution in [1.29, 1.82) is 0 Å². The van der Waals surface area contributed by atoms with E-state index in [1.54, 1.807) is 6.20 Å². The number of piperazine rings is 1. The third-order valence-corrected chi connectivity index (χ3v) is 4.12. The highest BCUT2D eigenvalue weighted by molar-refractivity contribution is 6.39. The monoisotopic (exact) mass is 331 g/mol. The first-order valence-electron chi connectivity index (χ1n) is 6.37. The van der Waals surface area contributed by atoms with Crippen molar-refractivity contribution in [2.24, 2.45) is 0 Å². The van der Waals surface area contributed by atoms with E-state index in [9.17, 15) is 0 Å². The Labute approximate surface area is 134 Å². The summed E-state index contributed by atoms with van der Waals surface area (Å²) >= 11 is 12.8. The van der Waals surface area contributed by atoms with Gasteiger partial charge in [0.1, 0.15) is 0 Å². The second-order valence-electron chi connectivity index (χ2n) is 4.78. The van der Waals surface area contributed by atoms with Gasteiger partial charge in [0.05, 0.1) is 21.2 Å². The van der Waals surface area contributed by atoms with E-state index >= 15 is 0 Å². The summed E-state index contributed by atoms with van der Waals surface area (Å²) in [6, 6.07) is 3.91. The lowest BCUT2D eigenvalue weighted by molar-refractivity contribution is 0.590. The number of aryl methyl sites for hydroxylation is 1. The molecule has 0 amide bonds. The van der Waals surface area contributed by atoms with Crippen molar-refractivity contribution in [1.82, 2.24) is 10.3 Å². The topological polar surface area (TPSA) is 28.2 Å². The van der Waals surface area contributed by atoms with Gasteiger partial charge in [-0.2, -0.15) is 0 Å². The molecule has 6 heteroatoms. The molecule has 0 spiro atoms. The Morgan fingerprint density at radius 2 is 1.85 bits per heavy atom. The molecule has 0 aliphatic carbocycles.